The number of carbonyl (C=O) groups excluding carboxylic acids is 1. The van der Waals surface area contributed by atoms with E-state index in [1.54, 1.807) is 25.1 Å². The van der Waals surface area contributed by atoms with Gasteiger partial charge < -0.3 is 0 Å². The van der Waals surface area contributed by atoms with Crippen molar-refractivity contribution in [2.75, 3.05) is 0 Å². The van der Waals surface area contributed by atoms with Crippen LogP contribution in [-0.2, 0) is 6.42 Å². The zero-order valence-corrected chi connectivity index (χ0v) is 11.0. The summed E-state index contributed by atoms with van der Waals surface area (Å²) in [6.45, 7) is 1.58. The lowest BCUT2D eigenvalue weighted by molar-refractivity contribution is 0.0988. The van der Waals surface area contributed by atoms with Crippen LogP contribution in [0.3, 0.4) is 0 Å². The van der Waals surface area contributed by atoms with E-state index in [0.717, 1.165) is 0 Å². The van der Waals surface area contributed by atoms with Crippen LogP contribution >= 0.6 is 11.6 Å². The van der Waals surface area contributed by atoms with Crippen LogP contribution in [0.15, 0.2) is 36.4 Å². The fourth-order valence-corrected chi connectivity index (χ4v) is 2.01. The molecule has 0 saturated heterocycles. The summed E-state index contributed by atoms with van der Waals surface area (Å²) in [6, 6.07) is 8.99. The lowest BCUT2D eigenvalue weighted by atomic mass is 10.0. The third kappa shape index (κ3) is 2.82. The van der Waals surface area contributed by atoms with Gasteiger partial charge in [0.1, 0.15) is 11.6 Å². The second kappa shape index (κ2) is 5.49. The Morgan fingerprint density at radius 2 is 1.79 bits per heavy atom. The molecule has 2 aromatic carbocycles. The van der Waals surface area contributed by atoms with Gasteiger partial charge in [0.15, 0.2) is 5.78 Å². The van der Waals surface area contributed by atoms with Crippen LogP contribution in [0.2, 0.25) is 5.02 Å². The van der Waals surface area contributed by atoms with E-state index in [1.165, 1.54) is 18.2 Å². The molecule has 0 saturated carbocycles. The van der Waals surface area contributed by atoms with Crippen molar-refractivity contribution in [1.29, 1.82) is 0 Å². The number of benzene rings is 2. The van der Waals surface area contributed by atoms with E-state index in [0.29, 0.717) is 5.56 Å². The van der Waals surface area contributed by atoms with Crippen molar-refractivity contribution in [3.63, 3.8) is 0 Å². The van der Waals surface area contributed by atoms with Gasteiger partial charge in [0.2, 0.25) is 0 Å². The van der Waals surface area contributed by atoms with Crippen LogP contribution in [0.5, 0.6) is 0 Å². The molecule has 0 amide bonds. The number of aryl methyl sites for hydroxylation is 1. The molecule has 0 aliphatic rings. The SMILES string of the molecule is Cc1cccc(C(=O)Cc2cccc(Cl)c2F)c1F. The minimum absolute atomic E-state index is 0.0284. The number of ketones is 1. The average molecular weight is 281 g/mol. The van der Waals surface area contributed by atoms with E-state index in [2.05, 4.69) is 0 Å². The van der Waals surface area contributed by atoms with E-state index in [4.69, 9.17) is 11.6 Å². The first kappa shape index (κ1) is 13.7. The Morgan fingerprint density at radius 1 is 1.11 bits per heavy atom. The molecule has 2 aromatic rings. The fraction of sp³-hybridized carbons (Fsp3) is 0.133. The van der Waals surface area contributed by atoms with Crippen LogP contribution in [-0.4, -0.2) is 5.78 Å². The Kier molecular flexibility index (Phi) is 3.96. The number of hydrogen-bond acceptors (Lipinski definition) is 1. The van der Waals surface area contributed by atoms with Crippen molar-refractivity contribution >= 4 is 17.4 Å². The second-order valence-corrected chi connectivity index (χ2v) is 4.66. The predicted octanol–water partition coefficient (Wildman–Crippen LogP) is 4.35. The highest BCUT2D eigenvalue weighted by molar-refractivity contribution is 6.30. The smallest absolute Gasteiger partial charge is 0.170 e. The molecule has 0 bridgehead atoms. The Balaban J connectivity index is 2.31. The van der Waals surface area contributed by atoms with Gasteiger partial charge >= 0.3 is 0 Å². The Bertz CT molecular complexity index is 638. The Hall–Kier alpha value is -1.74. The average Bonchev–Trinajstić information content (AvgIpc) is 2.38. The summed E-state index contributed by atoms with van der Waals surface area (Å²) in [5.74, 6) is -1.66. The Labute approximate surface area is 114 Å². The number of halogens is 3. The van der Waals surface area contributed by atoms with Gasteiger partial charge in [-0.25, -0.2) is 8.78 Å². The lowest BCUT2D eigenvalue weighted by Crippen LogP contribution is -2.08. The van der Waals surface area contributed by atoms with Gasteiger partial charge in [-0.2, -0.15) is 0 Å². The summed E-state index contributed by atoms with van der Waals surface area (Å²) < 4.78 is 27.5. The van der Waals surface area contributed by atoms with Gasteiger partial charge in [-0.15, -0.1) is 0 Å². The van der Waals surface area contributed by atoms with Gasteiger partial charge in [0.05, 0.1) is 10.6 Å². The predicted molar refractivity (Wildman–Crippen MR) is 70.6 cm³/mol. The highest BCUT2D eigenvalue weighted by Crippen LogP contribution is 2.20. The van der Waals surface area contributed by atoms with Crippen LogP contribution in [0.1, 0.15) is 21.5 Å². The van der Waals surface area contributed by atoms with E-state index in [-0.39, 0.29) is 22.6 Å². The number of rotatable bonds is 3. The third-order valence-corrected chi connectivity index (χ3v) is 3.17. The van der Waals surface area contributed by atoms with E-state index < -0.39 is 17.4 Å². The summed E-state index contributed by atoms with van der Waals surface area (Å²) in [5.41, 5.74) is 0.523. The summed E-state index contributed by atoms with van der Waals surface area (Å²) in [7, 11) is 0. The highest BCUT2D eigenvalue weighted by atomic mass is 35.5. The molecule has 19 heavy (non-hydrogen) atoms. The minimum atomic E-state index is -0.634. The molecule has 0 N–H and O–H groups in total. The van der Waals surface area contributed by atoms with Gasteiger partial charge in [0, 0.05) is 6.42 Å². The quantitative estimate of drug-likeness (QED) is 0.764. The van der Waals surface area contributed by atoms with Crippen LogP contribution in [0, 0.1) is 18.6 Å². The van der Waals surface area contributed by atoms with Gasteiger partial charge in [0.25, 0.3) is 0 Å². The molecule has 0 unspecified atom stereocenters. The molecule has 0 radical (unpaired) electrons. The van der Waals surface area contributed by atoms with Gasteiger partial charge in [-0.05, 0) is 30.2 Å². The molecule has 4 heteroatoms. The van der Waals surface area contributed by atoms with Gasteiger partial charge in [-0.1, -0.05) is 35.9 Å². The summed E-state index contributed by atoms with van der Waals surface area (Å²) in [5, 5.41) is -0.0463. The van der Waals surface area contributed by atoms with Crippen LogP contribution in [0.25, 0.3) is 0 Å². The lowest BCUT2D eigenvalue weighted by Gasteiger charge is -2.06. The molecule has 98 valence electrons. The monoisotopic (exact) mass is 280 g/mol. The summed E-state index contributed by atoms with van der Waals surface area (Å²) in [4.78, 5) is 12.0. The molecule has 0 heterocycles. The second-order valence-electron chi connectivity index (χ2n) is 4.25. The number of hydrogen-bond donors (Lipinski definition) is 0. The molecular formula is C15H11ClF2O. The summed E-state index contributed by atoms with van der Waals surface area (Å²) >= 11 is 5.64. The highest BCUT2D eigenvalue weighted by Gasteiger charge is 2.16. The fourth-order valence-electron chi connectivity index (χ4n) is 1.82. The molecule has 1 nitrogen and oxygen atoms in total. The maximum atomic E-state index is 13.8. The molecule has 0 aliphatic heterocycles. The third-order valence-electron chi connectivity index (χ3n) is 2.87. The standard InChI is InChI=1S/C15H11ClF2O/c1-9-4-2-6-11(14(9)17)13(19)8-10-5-3-7-12(16)15(10)18/h2-7H,8H2,1H3. The Morgan fingerprint density at radius 3 is 2.53 bits per heavy atom. The van der Waals surface area contributed by atoms with Crippen molar-refractivity contribution < 1.29 is 13.6 Å². The van der Waals surface area contributed by atoms with E-state index >= 15 is 0 Å². The normalized spacial score (nSPS) is 10.5. The van der Waals surface area contributed by atoms with E-state index in [1.807, 2.05) is 0 Å². The first-order valence-electron chi connectivity index (χ1n) is 5.72. The molecule has 0 aromatic heterocycles. The van der Waals surface area contributed by atoms with Crippen molar-refractivity contribution in [3.8, 4) is 0 Å². The number of carbonyl (C=O) groups is 1. The van der Waals surface area contributed by atoms with E-state index in [9.17, 15) is 13.6 Å². The zero-order chi connectivity index (χ0) is 14.0. The van der Waals surface area contributed by atoms with Crippen molar-refractivity contribution in [2.45, 2.75) is 13.3 Å². The largest absolute Gasteiger partial charge is 0.294 e. The van der Waals surface area contributed by atoms with Crippen molar-refractivity contribution in [1.82, 2.24) is 0 Å². The summed E-state index contributed by atoms with van der Waals surface area (Å²) in [6.07, 6.45) is -0.216. The molecule has 0 fully saturated rings. The number of Topliss-reactive ketones (excluding diaryl/α,β-unsaturated/α-hetero) is 1. The molecule has 0 atom stereocenters. The van der Waals surface area contributed by atoms with Gasteiger partial charge in [-0.3, -0.25) is 4.79 Å². The first-order valence-corrected chi connectivity index (χ1v) is 6.09. The molecule has 2 rings (SSSR count). The van der Waals surface area contributed by atoms with Crippen LogP contribution < -0.4 is 0 Å². The molecular weight excluding hydrogens is 270 g/mol. The molecule has 0 aliphatic carbocycles. The molecule has 0 spiro atoms. The zero-order valence-electron chi connectivity index (χ0n) is 10.2. The maximum absolute atomic E-state index is 13.8. The first-order chi connectivity index (χ1) is 9.00. The van der Waals surface area contributed by atoms with Crippen LogP contribution in [0.4, 0.5) is 8.78 Å². The minimum Gasteiger partial charge on any atom is -0.294 e. The van der Waals surface area contributed by atoms with Crippen molar-refractivity contribution in [2.24, 2.45) is 0 Å². The maximum Gasteiger partial charge on any atom is 0.170 e. The van der Waals surface area contributed by atoms with Crippen molar-refractivity contribution in [3.05, 3.63) is 69.7 Å². The topological polar surface area (TPSA) is 17.1 Å².